The summed E-state index contributed by atoms with van der Waals surface area (Å²) in [5.41, 5.74) is -0.622. The number of ether oxygens (including phenoxy) is 2. The monoisotopic (exact) mass is 275 g/mol. The summed E-state index contributed by atoms with van der Waals surface area (Å²) in [4.78, 5) is 23.2. The number of hydrogen-bond acceptors (Lipinski definition) is 5. The van der Waals surface area contributed by atoms with Gasteiger partial charge in [-0.15, -0.1) is 0 Å². The molecule has 0 bridgehead atoms. The van der Waals surface area contributed by atoms with E-state index in [2.05, 4.69) is 10.1 Å². The summed E-state index contributed by atoms with van der Waals surface area (Å²) in [7, 11) is 1.27. The molecule has 0 aliphatic heterocycles. The number of carbonyl (C=O) groups is 2. The van der Waals surface area contributed by atoms with Crippen molar-refractivity contribution in [2.75, 3.05) is 13.7 Å². The summed E-state index contributed by atoms with van der Waals surface area (Å²) in [6.07, 6.45) is 0.347. The van der Waals surface area contributed by atoms with Gasteiger partial charge in [0.1, 0.15) is 11.6 Å². The Bertz CT molecular complexity index is 298. The quantitative estimate of drug-likeness (QED) is 0.717. The average Bonchev–Trinajstić information content (AvgIpc) is 2.30. The molecule has 19 heavy (non-hydrogen) atoms. The van der Waals surface area contributed by atoms with Gasteiger partial charge in [-0.05, 0) is 39.5 Å². The highest BCUT2D eigenvalue weighted by Gasteiger charge is 2.25. The van der Waals surface area contributed by atoms with Crippen LogP contribution < -0.4 is 5.32 Å². The maximum Gasteiger partial charge on any atom is 0.408 e. The van der Waals surface area contributed by atoms with Crippen molar-refractivity contribution in [3.8, 4) is 0 Å². The summed E-state index contributed by atoms with van der Waals surface area (Å²) in [5.74, 6) is -0.455. The molecule has 6 heteroatoms. The van der Waals surface area contributed by atoms with E-state index in [4.69, 9.17) is 9.84 Å². The smallest absolute Gasteiger partial charge is 0.408 e. The first kappa shape index (κ1) is 17.7. The van der Waals surface area contributed by atoms with Crippen molar-refractivity contribution < 1.29 is 24.2 Å². The minimum absolute atomic E-state index is 0.0420. The highest BCUT2D eigenvalue weighted by molar-refractivity contribution is 5.81. The van der Waals surface area contributed by atoms with E-state index in [0.29, 0.717) is 12.8 Å². The fourth-order valence-corrected chi connectivity index (χ4v) is 1.38. The standard InChI is InChI=1S/C13H25NO5/c1-9(8-15)6-7-10(11(16)18-5)14-12(17)19-13(2,3)4/h9-10,15H,6-8H2,1-5H3,(H,14,17). The SMILES string of the molecule is COC(=O)C(CCC(C)CO)NC(=O)OC(C)(C)C. The zero-order valence-electron chi connectivity index (χ0n) is 12.4. The van der Waals surface area contributed by atoms with E-state index < -0.39 is 23.7 Å². The molecular formula is C13H25NO5. The molecule has 0 rings (SSSR count). The Labute approximate surface area is 114 Å². The number of aliphatic hydroxyl groups is 1. The Morgan fingerprint density at radius 3 is 2.26 bits per heavy atom. The number of esters is 1. The van der Waals surface area contributed by atoms with Crippen molar-refractivity contribution in [3.63, 3.8) is 0 Å². The van der Waals surface area contributed by atoms with Crippen LogP contribution in [0.15, 0.2) is 0 Å². The maximum absolute atomic E-state index is 11.6. The molecule has 2 atom stereocenters. The van der Waals surface area contributed by atoms with Crippen LogP contribution in [0.5, 0.6) is 0 Å². The van der Waals surface area contributed by atoms with Gasteiger partial charge in [0, 0.05) is 6.61 Å². The zero-order chi connectivity index (χ0) is 15.1. The van der Waals surface area contributed by atoms with E-state index in [9.17, 15) is 9.59 Å². The number of aliphatic hydroxyl groups excluding tert-OH is 1. The third-order valence-corrected chi connectivity index (χ3v) is 2.44. The first-order chi connectivity index (χ1) is 8.69. The van der Waals surface area contributed by atoms with Gasteiger partial charge >= 0.3 is 12.1 Å². The summed E-state index contributed by atoms with van der Waals surface area (Å²) in [5, 5.41) is 11.4. The Kier molecular flexibility index (Phi) is 7.44. The molecular weight excluding hydrogens is 250 g/mol. The Balaban J connectivity index is 4.43. The molecule has 2 unspecified atom stereocenters. The molecule has 0 aromatic rings. The molecule has 112 valence electrons. The molecule has 1 amide bonds. The lowest BCUT2D eigenvalue weighted by Crippen LogP contribution is -2.44. The molecule has 0 saturated carbocycles. The third-order valence-electron chi connectivity index (χ3n) is 2.44. The van der Waals surface area contributed by atoms with E-state index in [0.717, 1.165) is 0 Å². The van der Waals surface area contributed by atoms with Gasteiger partial charge in [-0.2, -0.15) is 0 Å². The maximum atomic E-state index is 11.6. The van der Waals surface area contributed by atoms with Crippen LogP contribution in [0, 0.1) is 5.92 Å². The Hall–Kier alpha value is -1.30. The fraction of sp³-hybridized carbons (Fsp3) is 0.846. The van der Waals surface area contributed by atoms with Gasteiger partial charge in [-0.3, -0.25) is 0 Å². The molecule has 0 aliphatic rings. The number of methoxy groups -OCH3 is 1. The lowest BCUT2D eigenvalue weighted by atomic mass is 10.0. The topological polar surface area (TPSA) is 84.9 Å². The Morgan fingerprint density at radius 2 is 1.84 bits per heavy atom. The van der Waals surface area contributed by atoms with Gasteiger partial charge in [0.05, 0.1) is 7.11 Å². The Morgan fingerprint density at radius 1 is 1.26 bits per heavy atom. The molecule has 0 radical (unpaired) electrons. The van der Waals surface area contributed by atoms with E-state index in [1.165, 1.54) is 7.11 Å². The second-order valence-electron chi connectivity index (χ2n) is 5.59. The first-order valence-electron chi connectivity index (χ1n) is 6.37. The van der Waals surface area contributed by atoms with E-state index in [1.807, 2.05) is 6.92 Å². The summed E-state index contributed by atoms with van der Waals surface area (Å²) >= 11 is 0. The molecule has 0 aromatic carbocycles. The number of hydrogen-bond donors (Lipinski definition) is 2. The van der Waals surface area contributed by atoms with Crippen LogP contribution in [0.1, 0.15) is 40.5 Å². The molecule has 0 heterocycles. The predicted octanol–water partition coefficient (Wildman–Crippen LogP) is 1.46. The second kappa shape index (κ2) is 7.99. The summed E-state index contributed by atoms with van der Waals surface area (Å²) < 4.78 is 9.73. The molecule has 0 saturated heterocycles. The van der Waals surface area contributed by atoms with Gasteiger partial charge in [0.2, 0.25) is 0 Å². The third kappa shape index (κ3) is 8.42. The number of nitrogens with one attached hydrogen (secondary N) is 1. The van der Waals surface area contributed by atoms with Gasteiger partial charge in [-0.25, -0.2) is 9.59 Å². The highest BCUT2D eigenvalue weighted by Crippen LogP contribution is 2.11. The van der Waals surface area contributed by atoms with Crippen LogP contribution in [-0.4, -0.2) is 42.5 Å². The molecule has 0 aliphatic carbocycles. The normalized spacial score (nSPS) is 14.4. The van der Waals surface area contributed by atoms with Crippen LogP contribution in [0.25, 0.3) is 0 Å². The highest BCUT2D eigenvalue weighted by atomic mass is 16.6. The first-order valence-corrected chi connectivity index (χ1v) is 6.37. The number of amides is 1. The average molecular weight is 275 g/mol. The fourth-order valence-electron chi connectivity index (χ4n) is 1.38. The van der Waals surface area contributed by atoms with Crippen molar-refractivity contribution in [3.05, 3.63) is 0 Å². The largest absolute Gasteiger partial charge is 0.467 e. The second-order valence-corrected chi connectivity index (χ2v) is 5.59. The minimum Gasteiger partial charge on any atom is -0.467 e. The molecule has 0 fully saturated rings. The van der Waals surface area contributed by atoms with Crippen LogP contribution >= 0.6 is 0 Å². The molecule has 0 aromatic heterocycles. The van der Waals surface area contributed by atoms with Crippen LogP contribution in [0.4, 0.5) is 4.79 Å². The van der Waals surface area contributed by atoms with E-state index in [-0.39, 0.29) is 12.5 Å². The van der Waals surface area contributed by atoms with Gasteiger partial charge in [0.25, 0.3) is 0 Å². The number of rotatable bonds is 6. The van der Waals surface area contributed by atoms with Crippen molar-refractivity contribution in [1.82, 2.24) is 5.32 Å². The van der Waals surface area contributed by atoms with E-state index in [1.54, 1.807) is 20.8 Å². The number of carbonyl (C=O) groups excluding carboxylic acids is 2. The van der Waals surface area contributed by atoms with Crippen molar-refractivity contribution >= 4 is 12.1 Å². The minimum atomic E-state index is -0.756. The summed E-state index contributed by atoms with van der Waals surface area (Å²) in [6, 6.07) is -0.756. The van der Waals surface area contributed by atoms with Crippen molar-refractivity contribution in [2.45, 2.75) is 52.2 Å². The van der Waals surface area contributed by atoms with Gasteiger partial charge in [0.15, 0.2) is 0 Å². The zero-order valence-corrected chi connectivity index (χ0v) is 12.4. The van der Waals surface area contributed by atoms with Crippen molar-refractivity contribution in [1.29, 1.82) is 0 Å². The lowest BCUT2D eigenvalue weighted by Gasteiger charge is -2.23. The number of alkyl carbamates (subject to hydrolysis) is 1. The molecule has 2 N–H and O–H groups in total. The van der Waals surface area contributed by atoms with Crippen molar-refractivity contribution in [2.24, 2.45) is 5.92 Å². The predicted molar refractivity (Wildman–Crippen MR) is 70.7 cm³/mol. The lowest BCUT2D eigenvalue weighted by molar-refractivity contribution is -0.143. The molecule has 6 nitrogen and oxygen atoms in total. The van der Waals surface area contributed by atoms with Crippen LogP contribution in [-0.2, 0) is 14.3 Å². The summed E-state index contributed by atoms with van der Waals surface area (Å²) in [6.45, 7) is 7.14. The molecule has 0 spiro atoms. The van der Waals surface area contributed by atoms with E-state index >= 15 is 0 Å². The van der Waals surface area contributed by atoms with Gasteiger partial charge < -0.3 is 19.9 Å². The van der Waals surface area contributed by atoms with Crippen LogP contribution in [0.2, 0.25) is 0 Å². The van der Waals surface area contributed by atoms with Gasteiger partial charge in [-0.1, -0.05) is 6.92 Å². The van der Waals surface area contributed by atoms with Crippen LogP contribution in [0.3, 0.4) is 0 Å².